The van der Waals surface area contributed by atoms with Crippen molar-refractivity contribution in [1.29, 1.82) is 0 Å². The minimum absolute atomic E-state index is 0.528. The highest BCUT2D eigenvalue weighted by Gasteiger charge is 2.26. The number of pyridine rings is 1. The standard InChI is InChI=1S/C21H22ClN3/c1-14(16-6-8-23-9-7-16)12-25-20-5-4-17(22)11-18(20)19-13-24(3)15(2)10-21(19)25/h4-9,11-12,15H,10,13H2,1-3H3/b14-12+. The number of rotatable bonds is 2. The number of allylic oxidation sites excluding steroid dienone is 1. The molecule has 0 saturated heterocycles. The first-order valence-corrected chi connectivity index (χ1v) is 9.02. The summed E-state index contributed by atoms with van der Waals surface area (Å²) in [7, 11) is 2.19. The van der Waals surface area contributed by atoms with Gasteiger partial charge in [-0.1, -0.05) is 11.6 Å². The Morgan fingerprint density at radius 3 is 2.76 bits per heavy atom. The van der Waals surface area contributed by atoms with Crippen molar-refractivity contribution in [2.45, 2.75) is 32.9 Å². The van der Waals surface area contributed by atoms with E-state index in [-0.39, 0.29) is 0 Å². The predicted octanol–water partition coefficient (Wildman–Crippen LogP) is 5.08. The SMILES string of the molecule is C/C(=C\n1c2c(c3cc(Cl)ccc31)CN(C)C(C)C2)c1ccncc1. The number of benzene rings is 1. The molecule has 4 heteroatoms. The number of fused-ring (bicyclic) bond motifs is 3. The number of hydrogen-bond acceptors (Lipinski definition) is 2. The molecule has 3 aromatic rings. The summed E-state index contributed by atoms with van der Waals surface area (Å²) < 4.78 is 2.36. The van der Waals surface area contributed by atoms with Gasteiger partial charge < -0.3 is 4.57 Å². The lowest BCUT2D eigenvalue weighted by atomic mass is 10.00. The Labute approximate surface area is 153 Å². The van der Waals surface area contributed by atoms with Crippen LogP contribution in [0.1, 0.15) is 30.7 Å². The Hall–Kier alpha value is -2.10. The molecular formula is C21H22ClN3. The van der Waals surface area contributed by atoms with Crippen molar-refractivity contribution in [3.8, 4) is 0 Å². The van der Waals surface area contributed by atoms with Crippen LogP contribution in [-0.4, -0.2) is 27.5 Å². The van der Waals surface area contributed by atoms with Crippen molar-refractivity contribution in [3.05, 3.63) is 64.6 Å². The van der Waals surface area contributed by atoms with Crippen molar-refractivity contribution in [2.75, 3.05) is 7.05 Å². The molecule has 1 unspecified atom stereocenters. The van der Waals surface area contributed by atoms with E-state index in [0.717, 1.165) is 18.0 Å². The molecule has 0 N–H and O–H groups in total. The normalized spacial score (nSPS) is 18.6. The molecule has 0 spiro atoms. The highest BCUT2D eigenvalue weighted by atomic mass is 35.5. The summed E-state index contributed by atoms with van der Waals surface area (Å²) in [5, 5.41) is 2.06. The molecule has 3 heterocycles. The average molecular weight is 352 g/mol. The Morgan fingerprint density at radius 2 is 2.00 bits per heavy atom. The fourth-order valence-corrected chi connectivity index (χ4v) is 3.85. The molecule has 0 saturated carbocycles. The maximum Gasteiger partial charge on any atom is 0.0529 e. The Kier molecular flexibility index (Phi) is 4.14. The van der Waals surface area contributed by atoms with Gasteiger partial charge in [-0.25, -0.2) is 0 Å². The van der Waals surface area contributed by atoms with Crippen LogP contribution < -0.4 is 0 Å². The van der Waals surface area contributed by atoms with Gasteiger partial charge in [0.15, 0.2) is 0 Å². The van der Waals surface area contributed by atoms with E-state index in [1.54, 1.807) is 0 Å². The maximum atomic E-state index is 6.29. The Bertz CT molecular complexity index is 956. The monoisotopic (exact) mass is 351 g/mol. The van der Waals surface area contributed by atoms with Gasteiger partial charge in [0.2, 0.25) is 0 Å². The second-order valence-corrected chi connectivity index (χ2v) is 7.41. The van der Waals surface area contributed by atoms with E-state index < -0.39 is 0 Å². The molecule has 1 aromatic carbocycles. The summed E-state index contributed by atoms with van der Waals surface area (Å²) in [4.78, 5) is 6.53. The molecular weight excluding hydrogens is 330 g/mol. The minimum atomic E-state index is 0.528. The van der Waals surface area contributed by atoms with Crippen LogP contribution in [0, 0.1) is 0 Å². The van der Waals surface area contributed by atoms with Crippen LogP contribution in [0.15, 0.2) is 42.7 Å². The lowest BCUT2D eigenvalue weighted by Crippen LogP contribution is -2.35. The average Bonchev–Trinajstić information content (AvgIpc) is 2.89. The molecule has 1 aliphatic heterocycles. The van der Waals surface area contributed by atoms with E-state index in [0.29, 0.717) is 6.04 Å². The molecule has 25 heavy (non-hydrogen) atoms. The highest BCUT2D eigenvalue weighted by molar-refractivity contribution is 6.31. The van der Waals surface area contributed by atoms with Crippen LogP contribution in [0.4, 0.5) is 0 Å². The molecule has 2 aromatic heterocycles. The third-order valence-corrected chi connectivity index (χ3v) is 5.52. The lowest BCUT2D eigenvalue weighted by molar-refractivity contribution is 0.230. The van der Waals surface area contributed by atoms with Crippen molar-refractivity contribution in [2.24, 2.45) is 0 Å². The zero-order valence-electron chi connectivity index (χ0n) is 14.8. The zero-order chi connectivity index (χ0) is 17.6. The van der Waals surface area contributed by atoms with Crippen molar-refractivity contribution in [1.82, 2.24) is 14.5 Å². The predicted molar refractivity (Wildman–Crippen MR) is 106 cm³/mol. The van der Waals surface area contributed by atoms with Gasteiger partial charge in [-0.05, 0) is 67.9 Å². The van der Waals surface area contributed by atoms with Crippen molar-refractivity contribution < 1.29 is 0 Å². The van der Waals surface area contributed by atoms with Gasteiger partial charge in [-0.15, -0.1) is 0 Å². The van der Waals surface area contributed by atoms with E-state index in [9.17, 15) is 0 Å². The van der Waals surface area contributed by atoms with Crippen LogP contribution >= 0.6 is 11.6 Å². The quantitative estimate of drug-likeness (QED) is 0.641. The fourth-order valence-electron chi connectivity index (χ4n) is 3.68. The van der Waals surface area contributed by atoms with Crippen molar-refractivity contribution >= 4 is 34.3 Å². The molecule has 0 fully saturated rings. The van der Waals surface area contributed by atoms with E-state index in [1.165, 1.54) is 33.3 Å². The molecule has 0 aliphatic carbocycles. The highest BCUT2D eigenvalue weighted by Crippen LogP contribution is 2.35. The van der Waals surface area contributed by atoms with Crippen LogP contribution in [0.5, 0.6) is 0 Å². The maximum absolute atomic E-state index is 6.29. The van der Waals surface area contributed by atoms with Gasteiger partial charge in [-0.2, -0.15) is 0 Å². The number of halogens is 1. The molecule has 128 valence electrons. The Morgan fingerprint density at radius 1 is 1.24 bits per heavy atom. The van der Waals surface area contributed by atoms with E-state index in [1.807, 2.05) is 18.5 Å². The molecule has 3 nitrogen and oxygen atoms in total. The van der Waals surface area contributed by atoms with Crippen molar-refractivity contribution in [3.63, 3.8) is 0 Å². The van der Waals surface area contributed by atoms with Crippen LogP contribution in [0.2, 0.25) is 5.02 Å². The molecule has 0 bridgehead atoms. The molecule has 1 atom stereocenters. The van der Waals surface area contributed by atoms with Crippen LogP contribution in [0.3, 0.4) is 0 Å². The zero-order valence-corrected chi connectivity index (χ0v) is 15.6. The minimum Gasteiger partial charge on any atom is -0.320 e. The molecule has 1 aliphatic rings. The lowest BCUT2D eigenvalue weighted by Gasteiger charge is -2.30. The third kappa shape index (κ3) is 2.88. The topological polar surface area (TPSA) is 21.1 Å². The van der Waals surface area contributed by atoms with E-state index in [4.69, 9.17) is 11.6 Å². The van der Waals surface area contributed by atoms with E-state index in [2.05, 4.69) is 65.8 Å². The smallest absolute Gasteiger partial charge is 0.0529 e. The largest absolute Gasteiger partial charge is 0.320 e. The van der Waals surface area contributed by atoms with Crippen LogP contribution in [0.25, 0.3) is 22.7 Å². The number of likely N-dealkylation sites (N-methyl/N-ethyl adjacent to an activating group) is 1. The third-order valence-electron chi connectivity index (χ3n) is 5.29. The van der Waals surface area contributed by atoms with Gasteiger partial charge in [0.1, 0.15) is 0 Å². The van der Waals surface area contributed by atoms with Gasteiger partial charge in [0.25, 0.3) is 0 Å². The summed E-state index contributed by atoms with van der Waals surface area (Å²) in [5.74, 6) is 0. The second-order valence-electron chi connectivity index (χ2n) is 6.97. The summed E-state index contributed by atoms with van der Waals surface area (Å²) in [5.41, 5.74) is 6.45. The van der Waals surface area contributed by atoms with Gasteiger partial charge in [0, 0.05) is 53.7 Å². The summed E-state index contributed by atoms with van der Waals surface area (Å²) in [6, 6.07) is 10.9. The number of hydrogen-bond donors (Lipinski definition) is 0. The van der Waals surface area contributed by atoms with Gasteiger partial charge in [-0.3, -0.25) is 9.88 Å². The first-order valence-electron chi connectivity index (χ1n) is 8.65. The summed E-state index contributed by atoms with van der Waals surface area (Å²) in [6.07, 6.45) is 6.97. The van der Waals surface area contributed by atoms with Gasteiger partial charge in [0.05, 0.1) is 5.52 Å². The number of nitrogens with zero attached hydrogens (tertiary/aromatic N) is 3. The molecule has 4 rings (SSSR count). The number of aromatic nitrogens is 2. The van der Waals surface area contributed by atoms with E-state index >= 15 is 0 Å². The first kappa shape index (κ1) is 16.4. The van der Waals surface area contributed by atoms with Gasteiger partial charge >= 0.3 is 0 Å². The first-order chi connectivity index (χ1) is 12.0. The van der Waals surface area contributed by atoms with Crippen LogP contribution in [-0.2, 0) is 13.0 Å². The molecule has 0 radical (unpaired) electrons. The fraction of sp³-hybridized carbons (Fsp3) is 0.286. The summed E-state index contributed by atoms with van der Waals surface area (Å²) in [6.45, 7) is 5.40. The second kappa shape index (κ2) is 6.32. The Balaban J connectivity index is 1.93. The summed E-state index contributed by atoms with van der Waals surface area (Å²) >= 11 is 6.29. The molecule has 0 amide bonds.